The van der Waals surface area contributed by atoms with E-state index in [9.17, 15) is 17.6 Å². The Hall–Kier alpha value is -2.44. The SMILES string of the molecule is Fc1ccc(-c2cnc3cnccn23)c(C(F)(F)F)c1. The summed E-state index contributed by atoms with van der Waals surface area (Å²) in [5.41, 5.74) is -0.511. The lowest BCUT2D eigenvalue weighted by atomic mass is 10.0. The van der Waals surface area contributed by atoms with E-state index in [0.717, 1.165) is 12.1 Å². The van der Waals surface area contributed by atoms with Crippen LogP contribution in [-0.2, 0) is 6.18 Å². The van der Waals surface area contributed by atoms with Crippen molar-refractivity contribution in [3.8, 4) is 11.3 Å². The summed E-state index contributed by atoms with van der Waals surface area (Å²) in [6.07, 6.45) is 1.03. The van der Waals surface area contributed by atoms with Gasteiger partial charge in [-0.3, -0.25) is 9.38 Å². The standard InChI is InChI=1S/C13H7F4N3/c14-8-1-2-9(10(5-8)13(15,16)17)11-6-19-12-7-18-3-4-20(11)12/h1-7H. The Balaban J connectivity index is 2.30. The lowest BCUT2D eigenvalue weighted by molar-refractivity contribution is -0.137. The van der Waals surface area contributed by atoms with Gasteiger partial charge in [-0.1, -0.05) is 0 Å². The zero-order valence-electron chi connectivity index (χ0n) is 9.89. The van der Waals surface area contributed by atoms with Crippen molar-refractivity contribution in [2.75, 3.05) is 0 Å². The second-order valence-electron chi connectivity index (χ2n) is 4.14. The third kappa shape index (κ3) is 2.01. The predicted molar refractivity (Wildman–Crippen MR) is 63.4 cm³/mol. The van der Waals surface area contributed by atoms with Gasteiger partial charge >= 0.3 is 6.18 Å². The molecule has 7 heteroatoms. The van der Waals surface area contributed by atoms with E-state index in [-0.39, 0.29) is 11.3 Å². The molecule has 0 aliphatic rings. The summed E-state index contributed by atoms with van der Waals surface area (Å²) in [6, 6.07) is 2.57. The Morgan fingerprint density at radius 3 is 2.65 bits per heavy atom. The smallest absolute Gasteiger partial charge is 0.297 e. The van der Waals surface area contributed by atoms with Crippen molar-refractivity contribution in [2.45, 2.75) is 6.18 Å². The van der Waals surface area contributed by atoms with Crippen LogP contribution in [0.1, 0.15) is 5.56 Å². The molecule has 3 aromatic rings. The molecule has 0 atom stereocenters. The first-order chi connectivity index (χ1) is 9.47. The second-order valence-corrected chi connectivity index (χ2v) is 4.14. The molecule has 0 saturated carbocycles. The Labute approximate surface area is 110 Å². The third-order valence-corrected chi connectivity index (χ3v) is 2.88. The van der Waals surface area contributed by atoms with Gasteiger partial charge in [0.05, 0.1) is 23.7 Å². The van der Waals surface area contributed by atoms with E-state index in [1.54, 1.807) is 0 Å². The molecule has 20 heavy (non-hydrogen) atoms. The first-order valence-corrected chi connectivity index (χ1v) is 5.61. The maximum absolute atomic E-state index is 13.1. The van der Waals surface area contributed by atoms with Crippen molar-refractivity contribution < 1.29 is 17.6 Å². The van der Waals surface area contributed by atoms with Crippen LogP contribution in [0, 0.1) is 5.82 Å². The average molecular weight is 281 g/mol. The Kier molecular flexibility index (Phi) is 2.70. The van der Waals surface area contributed by atoms with E-state index in [1.165, 1.54) is 29.2 Å². The van der Waals surface area contributed by atoms with Crippen LogP contribution in [0.3, 0.4) is 0 Å². The molecule has 102 valence electrons. The summed E-state index contributed by atoms with van der Waals surface area (Å²) in [6.45, 7) is 0. The van der Waals surface area contributed by atoms with E-state index in [1.807, 2.05) is 0 Å². The van der Waals surface area contributed by atoms with Crippen molar-refractivity contribution in [1.29, 1.82) is 0 Å². The van der Waals surface area contributed by atoms with Crippen molar-refractivity contribution in [3.63, 3.8) is 0 Å². The number of hydrogen-bond acceptors (Lipinski definition) is 2. The normalized spacial score (nSPS) is 12.0. The minimum atomic E-state index is -4.64. The minimum absolute atomic E-state index is 0.127. The Morgan fingerprint density at radius 2 is 1.90 bits per heavy atom. The van der Waals surface area contributed by atoms with Crippen LogP contribution in [0.2, 0.25) is 0 Å². The van der Waals surface area contributed by atoms with Gasteiger partial charge in [0.1, 0.15) is 5.82 Å². The number of hydrogen-bond donors (Lipinski definition) is 0. The van der Waals surface area contributed by atoms with Crippen molar-refractivity contribution in [2.24, 2.45) is 0 Å². The monoisotopic (exact) mass is 281 g/mol. The fourth-order valence-corrected chi connectivity index (χ4v) is 2.02. The molecule has 0 bridgehead atoms. The molecule has 0 radical (unpaired) electrons. The zero-order chi connectivity index (χ0) is 14.3. The van der Waals surface area contributed by atoms with Gasteiger partial charge in [-0.2, -0.15) is 13.2 Å². The quantitative estimate of drug-likeness (QED) is 0.638. The average Bonchev–Trinajstić information content (AvgIpc) is 2.81. The molecule has 0 spiro atoms. The van der Waals surface area contributed by atoms with Crippen LogP contribution in [0.25, 0.3) is 16.9 Å². The van der Waals surface area contributed by atoms with E-state index in [4.69, 9.17) is 0 Å². The van der Waals surface area contributed by atoms with Crippen LogP contribution >= 0.6 is 0 Å². The largest absolute Gasteiger partial charge is 0.417 e. The summed E-state index contributed by atoms with van der Waals surface area (Å²) in [5.74, 6) is -0.934. The molecule has 3 nitrogen and oxygen atoms in total. The van der Waals surface area contributed by atoms with Gasteiger partial charge in [0.15, 0.2) is 5.65 Å². The van der Waals surface area contributed by atoms with Gasteiger partial charge in [0, 0.05) is 18.0 Å². The Morgan fingerprint density at radius 1 is 1.10 bits per heavy atom. The van der Waals surface area contributed by atoms with Crippen molar-refractivity contribution >= 4 is 5.65 Å². The van der Waals surface area contributed by atoms with Crippen LogP contribution in [0.5, 0.6) is 0 Å². The molecule has 0 aliphatic heterocycles. The number of rotatable bonds is 1. The van der Waals surface area contributed by atoms with Gasteiger partial charge in [-0.25, -0.2) is 9.37 Å². The van der Waals surface area contributed by atoms with Gasteiger partial charge in [-0.15, -0.1) is 0 Å². The highest BCUT2D eigenvalue weighted by Gasteiger charge is 2.34. The molecule has 0 aliphatic carbocycles. The van der Waals surface area contributed by atoms with Crippen LogP contribution in [0.4, 0.5) is 17.6 Å². The van der Waals surface area contributed by atoms with E-state index >= 15 is 0 Å². The molecule has 2 aromatic heterocycles. The summed E-state index contributed by atoms with van der Waals surface area (Å²) in [4.78, 5) is 7.82. The van der Waals surface area contributed by atoms with Crippen LogP contribution in [0.15, 0.2) is 43.0 Å². The molecular formula is C13H7F4N3. The summed E-state index contributed by atoms with van der Waals surface area (Å²) >= 11 is 0. The highest BCUT2D eigenvalue weighted by atomic mass is 19.4. The highest BCUT2D eigenvalue weighted by molar-refractivity contribution is 5.67. The minimum Gasteiger partial charge on any atom is -0.297 e. The summed E-state index contributed by atoms with van der Waals surface area (Å²) in [5, 5.41) is 0. The number of halogens is 4. The number of imidazole rings is 1. The third-order valence-electron chi connectivity index (χ3n) is 2.88. The topological polar surface area (TPSA) is 30.2 Å². The molecule has 0 amide bonds. The molecular weight excluding hydrogens is 274 g/mol. The second kappa shape index (κ2) is 4.29. The molecule has 0 fully saturated rings. The van der Waals surface area contributed by atoms with E-state index in [2.05, 4.69) is 9.97 Å². The van der Waals surface area contributed by atoms with Gasteiger partial charge < -0.3 is 0 Å². The van der Waals surface area contributed by atoms with Crippen molar-refractivity contribution in [1.82, 2.24) is 14.4 Å². The number of benzene rings is 1. The Bertz CT molecular complexity index is 777. The van der Waals surface area contributed by atoms with E-state index in [0.29, 0.717) is 11.7 Å². The number of alkyl halides is 3. The van der Waals surface area contributed by atoms with Gasteiger partial charge in [0.2, 0.25) is 0 Å². The lowest BCUT2D eigenvalue weighted by Gasteiger charge is -2.12. The van der Waals surface area contributed by atoms with Gasteiger partial charge in [-0.05, 0) is 18.2 Å². The maximum Gasteiger partial charge on any atom is 0.417 e. The number of fused-ring (bicyclic) bond motifs is 1. The molecule has 0 saturated heterocycles. The fraction of sp³-hybridized carbons (Fsp3) is 0.0769. The molecule has 0 N–H and O–H groups in total. The summed E-state index contributed by atoms with van der Waals surface area (Å²) in [7, 11) is 0. The maximum atomic E-state index is 13.1. The first kappa shape index (κ1) is 12.6. The number of aromatic nitrogens is 3. The van der Waals surface area contributed by atoms with Gasteiger partial charge in [0.25, 0.3) is 0 Å². The van der Waals surface area contributed by atoms with E-state index < -0.39 is 17.6 Å². The summed E-state index contributed by atoms with van der Waals surface area (Å²) < 4.78 is 53.6. The predicted octanol–water partition coefficient (Wildman–Crippen LogP) is 3.55. The molecule has 1 aromatic carbocycles. The number of nitrogens with zero attached hydrogens (tertiary/aromatic N) is 3. The van der Waals surface area contributed by atoms with Crippen molar-refractivity contribution in [3.05, 3.63) is 54.4 Å². The van der Waals surface area contributed by atoms with Crippen LogP contribution < -0.4 is 0 Å². The first-order valence-electron chi connectivity index (χ1n) is 5.61. The van der Waals surface area contributed by atoms with Crippen LogP contribution in [-0.4, -0.2) is 14.4 Å². The fourth-order valence-electron chi connectivity index (χ4n) is 2.02. The molecule has 0 unspecified atom stereocenters. The zero-order valence-corrected chi connectivity index (χ0v) is 9.89. The molecule has 3 rings (SSSR count). The molecule has 2 heterocycles. The highest BCUT2D eigenvalue weighted by Crippen LogP contribution is 2.37. The lowest BCUT2D eigenvalue weighted by Crippen LogP contribution is -2.08.